The Morgan fingerprint density at radius 3 is 2.41 bits per heavy atom. The van der Waals surface area contributed by atoms with Gasteiger partial charge in [0.05, 0.1) is 13.7 Å². The molecule has 29 heavy (non-hydrogen) atoms. The third-order valence-corrected chi connectivity index (χ3v) is 5.85. The number of anilines is 2. The van der Waals surface area contributed by atoms with Crippen molar-refractivity contribution < 1.29 is 9.53 Å². The van der Waals surface area contributed by atoms with Crippen molar-refractivity contribution in [1.82, 2.24) is 9.80 Å². The fourth-order valence-corrected chi connectivity index (χ4v) is 4.16. The molecule has 6 nitrogen and oxygen atoms in total. The van der Waals surface area contributed by atoms with Crippen molar-refractivity contribution in [2.45, 2.75) is 12.5 Å². The van der Waals surface area contributed by atoms with Gasteiger partial charge in [0, 0.05) is 56.7 Å². The maximum absolute atomic E-state index is 12.8. The third-order valence-electron chi connectivity index (χ3n) is 5.85. The van der Waals surface area contributed by atoms with E-state index in [2.05, 4.69) is 39.4 Å². The number of rotatable bonds is 6. The normalized spacial score (nSPS) is 20.0. The van der Waals surface area contributed by atoms with Crippen molar-refractivity contribution in [1.29, 1.82) is 0 Å². The van der Waals surface area contributed by atoms with Crippen molar-refractivity contribution in [3.63, 3.8) is 0 Å². The quantitative estimate of drug-likeness (QED) is 0.816. The molecule has 2 aliphatic rings. The van der Waals surface area contributed by atoms with Gasteiger partial charge in [-0.25, -0.2) is 0 Å². The van der Waals surface area contributed by atoms with E-state index in [-0.39, 0.29) is 5.91 Å². The molecule has 4 rings (SSSR count). The van der Waals surface area contributed by atoms with E-state index in [4.69, 9.17) is 4.74 Å². The van der Waals surface area contributed by atoms with Crippen molar-refractivity contribution in [2.75, 3.05) is 63.1 Å². The Morgan fingerprint density at radius 2 is 1.72 bits per heavy atom. The lowest BCUT2D eigenvalue weighted by Gasteiger charge is -2.36. The number of carbonyl (C=O) groups is 1. The zero-order valence-electron chi connectivity index (χ0n) is 17.1. The fourth-order valence-electron chi connectivity index (χ4n) is 4.16. The number of para-hydroxylation sites is 1. The van der Waals surface area contributed by atoms with Gasteiger partial charge in [-0.05, 0) is 42.8 Å². The summed E-state index contributed by atoms with van der Waals surface area (Å²) in [7, 11) is 1.68. The van der Waals surface area contributed by atoms with Crippen LogP contribution in [0.3, 0.4) is 0 Å². The molecule has 2 aromatic carbocycles. The largest absolute Gasteiger partial charge is 0.497 e. The van der Waals surface area contributed by atoms with Gasteiger partial charge in [-0.2, -0.15) is 0 Å². The molecule has 6 heteroatoms. The Balaban J connectivity index is 1.22. The molecule has 1 unspecified atom stereocenters. The van der Waals surface area contributed by atoms with Crippen LogP contribution in [0.15, 0.2) is 54.6 Å². The SMILES string of the molecule is COc1ccc(N2CCN(C(=O)CN3CCC(Nc4ccccc4)C3)CC2)cc1. The molecule has 0 spiro atoms. The molecule has 0 radical (unpaired) electrons. The number of benzene rings is 2. The molecule has 1 N–H and O–H groups in total. The number of hydrogen-bond donors (Lipinski definition) is 1. The van der Waals surface area contributed by atoms with E-state index >= 15 is 0 Å². The summed E-state index contributed by atoms with van der Waals surface area (Å²) in [5.41, 5.74) is 2.34. The summed E-state index contributed by atoms with van der Waals surface area (Å²) in [4.78, 5) is 19.4. The molecule has 154 valence electrons. The highest BCUT2D eigenvalue weighted by Gasteiger charge is 2.27. The van der Waals surface area contributed by atoms with Crippen LogP contribution in [0.1, 0.15) is 6.42 Å². The van der Waals surface area contributed by atoms with E-state index in [9.17, 15) is 4.79 Å². The Kier molecular flexibility index (Phi) is 6.20. The first-order valence-electron chi connectivity index (χ1n) is 10.4. The summed E-state index contributed by atoms with van der Waals surface area (Å²) in [5.74, 6) is 1.12. The van der Waals surface area contributed by atoms with Crippen LogP contribution in [0.4, 0.5) is 11.4 Å². The van der Waals surface area contributed by atoms with E-state index in [1.54, 1.807) is 7.11 Å². The van der Waals surface area contributed by atoms with Crippen LogP contribution >= 0.6 is 0 Å². The van der Waals surface area contributed by atoms with Gasteiger partial charge in [0.15, 0.2) is 0 Å². The predicted molar refractivity (Wildman–Crippen MR) is 117 cm³/mol. The minimum atomic E-state index is 0.250. The highest BCUT2D eigenvalue weighted by Crippen LogP contribution is 2.21. The van der Waals surface area contributed by atoms with Gasteiger partial charge >= 0.3 is 0 Å². The van der Waals surface area contributed by atoms with Gasteiger partial charge in [0.25, 0.3) is 0 Å². The van der Waals surface area contributed by atoms with E-state index in [0.717, 1.165) is 57.1 Å². The number of carbonyl (C=O) groups excluding carboxylic acids is 1. The van der Waals surface area contributed by atoms with Gasteiger partial charge < -0.3 is 19.9 Å². The van der Waals surface area contributed by atoms with Crippen molar-refractivity contribution in [2.24, 2.45) is 0 Å². The summed E-state index contributed by atoms with van der Waals surface area (Å²) in [6, 6.07) is 18.9. The van der Waals surface area contributed by atoms with Crippen LogP contribution < -0.4 is 15.0 Å². The second-order valence-electron chi connectivity index (χ2n) is 7.80. The highest BCUT2D eigenvalue weighted by molar-refractivity contribution is 5.78. The molecule has 1 atom stereocenters. The van der Waals surface area contributed by atoms with Crippen LogP contribution in [-0.4, -0.2) is 74.7 Å². The minimum Gasteiger partial charge on any atom is -0.497 e. The third kappa shape index (κ3) is 5.01. The summed E-state index contributed by atoms with van der Waals surface area (Å²) in [6.07, 6.45) is 1.08. The zero-order valence-corrected chi connectivity index (χ0v) is 17.1. The predicted octanol–water partition coefficient (Wildman–Crippen LogP) is 2.53. The molecular weight excluding hydrogens is 364 g/mol. The van der Waals surface area contributed by atoms with Crippen LogP contribution in [-0.2, 0) is 4.79 Å². The number of nitrogens with zero attached hydrogens (tertiary/aromatic N) is 3. The first-order chi connectivity index (χ1) is 14.2. The van der Waals surface area contributed by atoms with Gasteiger partial charge in [0.2, 0.25) is 5.91 Å². The lowest BCUT2D eigenvalue weighted by molar-refractivity contribution is -0.132. The van der Waals surface area contributed by atoms with E-state index in [1.165, 1.54) is 5.69 Å². The van der Waals surface area contributed by atoms with Gasteiger partial charge in [-0.3, -0.25) is 9.69 Å². The Bertz CT molecular complexity index is 788. The summed E-state index contributed by atoms with van der Waals surface area (Å²) < 4.78 is 5.23. The number of piperazine rings is 1. The van der Waals surface area contributed by atoms with Gasteiger partial charge in [-0.1, -0.05) is 18.2 Å². The summed E-state index contributed by atoms with van der Waals surface area (Å²) in [6.45, 7) is 5.73. The fraction of sp³-hybridized carbons (Fsp3) is 0.435. The average Bonchev–Trinajstić information content (AvgIpc) is 3.21. The number of nitrogens with one attached hydrogen (secondary N) is 1. The topological polar surface area (TPSA) is 48.1 Å². The molecule has 1 amide bonds. The summed E-state index contributed by atoms with van der Waals surface area (Å²) >= 11 is 0. The second kappa shape index (κ2) is 9.18. The molecule has 2 saturated heterocycles. The molecule has 0 aliphatic carbocycles. The molecule has 0 saturated carbocycles. The number of hydrogen-bond acceptors (Lipinski definition) is 5. The molecule has 0 aromatic heterocycles. The van der Waals surface area contributed by atoms with Gasteiger partial charge in [0.1, 0.15) is 5.75 Å². The van der Waals surface area contributed by atoms with E-state index < -0.39 is 0 Å². The number of ether oxygens (including phenoxy) is 1. The molecule has 2 aromatic rings. The zero-order chi connectivity index (χ0) is 20.1. The minimum absolute atomic E-state index is 0.250. The maximum Gasteiger partial charge on any atom is 0.236 e. The smallest absolute Gasteiger partial charge is 0.236 e. The first kappa shape index (κ1) is 19.6. The van der Waals surface area contributed by atoms with Crippen LogP contribution in [0.25, 0.3) is 0 Å². The van der Waals surface area contributed by atoms with Crippen molar-refractivity contribution in [3.05, 3.63) is 54.6 Å². The standard InChI is InChI=1S/C23H30N4O2/c1-29-22-9-7-21(8-10-22)26-13-15-27(16-14-26)23(28)18-25-12-11-20(17-25)24-19-5-3-2-4-6-19/h2-10,20,24H,11-18H2,1H3. The summed E-state index contributed by atoms with van der Waals surface area (Å²) in [5, 5.41) is 3.57. The molecule has 2 fully saturated rings. The maximum atomic E-state index is 12.8. The monoisotopic (exact) mass is 394 g/mol. The lowest BCUT2D eigenvalue weighted by Crippen LogP contribution is -2.51. The lowest BCUT2D eigenvalue weighted by atomic mass is 10.2. The van der Waals surface area contributed by atoms with Gasteiger partial charge in [-0.15, -0.1) is 0 Å². The highest BCUT2D eigenvalue weighted by atomic mass is 16.5. The Labute approximate surface area is 173 Å². The first-order valence-corrected chi connectivity index (χ1v) is 10.4. The van der Waals surface area contributed by atoms with Crippen LogP contribution in [0.2, 0.25) is 0 Å². The Hall–Kier alpha value is -2.73. The molecular formula is C23H30N4O2. The number of amides is 1. The number of likely N-dealkylation sites (tertiary alicyclic amines) is 1. The number of methoxy groups -OCH3 is 1. The van der Waals surface area contributed by atoms with E-state index in [1.807, 2.05) is 35.2 Å². The van der Waals surface area contributed by atoms with Crippen molar-refractivity contribution >= 4 is 17.3 Å². The Morgan fingerprint density at radius 1 is 1.00 bits per heavy atom. The van der Waals surface area contributed by atoms with E-state index in [0.29, 0.717) is 12.6 Å². The van der Waals surface area contributed by atoms with Crippen LogP contribution in [0.5, 0.6) is 5.75 Å². The van der Waals surface area contributed by atoms with Crippen molar-refractivity contribution in [3.8, 4) is 5.75 Å². The molecule has 0 bridgehead atoms. The molecule has 2 heterocycles. The second-order valence-corrected chi connectivity index (χ2v) is 7.80. The average molecular weight is 395 g/mol. The van der Waals surface area contributed by atoms with Crippen LogP contribution in [0, 0.1) is 0 Å². The molecule has 2 aliphatic heterocycles.